The van der Waals surface area contributed by atoms with Crippen molar-refractivity contribution in [3.05, 3.63) is 34.3 Å². The average Bonchev–Trinajstić information content (AvgIpc) is 2.09. The van der Waals surface area contributed by atoms with Gasteiger partial charge >= 0.3 is 5.97 Å². The van der Waals surface area contributed by atoms with Crippen LogP contribution in [-0.2, 0) is 9.53 Å². The Morgan fingerprint density at radius 1 is 1.46 bits per heavy atom. The fourth-order valence-corrected chi connectivity index (χ4v) is 1.28. The van der Waals surface area contributed by atoms with E-state index in [2.05, 4.69) is 15.9 Å². The molecule has 0 aromatic heterocycles. The lowest BCUT2D eigenvalue weighted by Crippen LogP contribution is -2.13. The summed E-state index contributed by atoms with van der Waals surface area (Å²) in [7, 11) is 1.38. The summed E-state index contributed by atoms with van der Waals surface area (Å²) in [6.45, 7) is 0. The molecule has 1 N–H and O–H groups in total. The van der Waals surface area contributed by atoms with Crippen LogP contribution in [-0.4, -0.2) is 18.2 Å². The highest BCUT2D eigenvalue weighted by Gasteiger charge is 2.17. The molecule has 0 aliphatic rings. The van der Waals surface area contributed by atoms with Crippen LogP contribution in [0.1, 0.15) is 11.7 Å². The molecule has 0 heterocycles. The van der Waals surface area contributed by atoms with Crippen molar-refractivity contribution in [3.8, 4) is 0 Å². The van der Waals surface area contributed by atoms with Gasteiger partial charge in [-0.25, -0.2) is 4.79 Å². The number of rotatable bonds is 3. The number of hydrogen-bond donors (Lipinski definition) is 1. The van der Waals surface area contributed by atoms with Crippen molar-refractivity contribution in [2.24, 2.45) is 0 Å². The first-order valence-electron chi connectivity index (χ1n) is 3.66. The smallest absolute Gasteiger partial charge is 0.337 e. The van der Waals surface area contributed by atoms with Gasteiger partial charge in [-0.05, 0) is 17.7 Å². The van der Waals surface area contributed by atoms with Gasteiger partial charge in [-0.15, -0.1) is 0 Å². The largest absolute Gasteiger partial charge is 0.479 e. The van der Waals surface area contributed by atoms with Crippen molar-refractivity contribution in [2.45, 2.75) is 6.10 Å². The Kier molecular flexibility index (Phi) is 3.45. The van der Waals surface area contributed by atoms with Gasteiger partial charge in [-0.3, -0.25) is 0 Å². The minimum absolute atomic E-state index is 0.637. The number of methoxy groups -OCH3 is 1. The maximum Gasteiger partial charge on any atom is 0.337 e. The molecule has 0 fully saturated rings. The first kappa shape index (κ1) is 10.2. The van der Waals surface area contributed by atoms with E-state index in [4.69, 9.17) is 9.84 Å². The Bertz CT molecular complexity index is 294. The zero-order valence-electron chi connectivity index (χ0n) is 7.03. The van der Waals surface area contributed by atoms with Crippen molar-refractivity contribution < 1.29 is 14.6 Å². The van der Waals surface area contributed by atoms with E-state index >= 15 is 0 Å². The third-order valence-electron chi connectivity index (χ3n) is 1.63. The van der Waals surface area contributed by atoms with Crippen LogP contribution in [0, 0.1) is 0 Å². The maximum atomic E-state index is 10.7. The van der Waals surface area contributed by atoms with Crippen molar-refractivity contribution in [1.29, 1.82) is 0 Å². The second-order valence-electron chi connectivity index (χ2n) is 2.51. The van der Waals surface area contributed by atoms with Crippen molar-refractivity contribution in [1.82, 2.24) is 0 Å². The van der Waals surface area contributed by atoms with E-state index in [-0.39, 0.29) is 0 Å². The highest BCUT2D eigenvalue weighted by Crippen LogP contribution is 2.19. The molecule has 0 bridgehead atoms. The Morgan fingerprint density at radius 3 is 2.38 bits per heavy atom. The molecule has 0 radical (unpaired) electrons. The zero-order chi connectivity index (χ0) is 9.84. The Hall–Kier alpha value is -0.870. The molecule has 0 saturated carbocycles. The molecule has 0 aliphatic carbocycles. The molecule has 0 unspecified atom stereocenters. The predicted octanol–water partition coefficient (Wildman–Crippen LogP) is 2.22. The van der Waals surface area contributed by atoms with E-state index in [0.717, 1.165) is 4.47 Å². The van der Waals surface area contributed by atoms with Gasteiger partial charge in [0.1, 0.15) is 0 Å². The van der Waals surface area contributed by atoms with Crippen LogP contribution in [0.5, 0.6) is 0 Å². The number of carboxylic acid groups (broad SMARTS) is 1. The van der Waals surface area contributed by atoms with Crippen molar-refractivity contribution in [2.75, 3.05) is 7.11 Å². The monoisotopic (exact) mass is 244 g/mol. The topological polar surface area (TPSA) is 46.5 Å². The third-order valence-corrected chi connectivity index (χ3v) is 2.16. The van der Waals surface area contributed by atoms with Crippen LogP contribution in [0.15, 0.2) is 28.7 Å². The first-order chi connectivity index (χ1) is 6.15. The van der Waals surface area contributed by atoms with Crippen LogP contribution in [0.4, 0.5) is 0 Å². The summed E-state index contributed by atoms with van der Waals surface area (Å²) >= 11 is 3.27. The normalized spacial score (nSPS) is 12.5. The highest BCUT2D eigenvalue weighted by molar-refractivity contribution is 9.10. The molecule has 3 nitrogen and oxygen atoms in total. The van der Waals surface area contributed by atoms with E-state index in [0.29, 0.717) is 5.56 Å². The lowest BCUT2D eigenvalue weighted by molar-refractivity contribution is -0.148. The van der Waals surface area contributed by atoms with Gasteiger partial charge in [-0.1, -0.05) is 28.1 Å². The number of hydrogen-bond acceptors (Lipinski definition) is 2. The predicted molar refractivity (Wildman–Crippen MR) is 51.5 cm³/mol. The highest BCUT2D eigenvalue weighted by atomic mass is 79.9. The van der Waals surface area contributed by atoms with E-state index in [1.54, 1.807) is 24.3 Å². The summed E-state index contributed by atoms with van der Waals surface area (Å²) in [6, 6.07) is 6.99. The molecule has 1 rings (SSSR count). The summed E-state index contributed by atoms with van der Waals surface area (Å²) in [4.78, 5) is 10.7. The molecule has 0 amide bonds. The average molecular weight is 245 g/mol. The molecule has 0 saturated heterocycles. The Morgan fingerprint density at radius 2 is 2.00 bits per heavy atom. The van der Waals surface area contributed by atoms with Crippen LogP contribution in [0.25, 0.3) is 0 Å². The number of halogens is 1. The Labute approximate surface area is 84.5 Å². The number of benzene rings is 1. The maximum absolute atomic E-state index is 10.7. The van der Waals surface area contributed by atoms with Gasteiger partial charge in [-0.2, -0.15) is 0 Å². The van der Waals surface area contributed by atoms with Gasteiger partial charge in [0.05, 0.1) is 0 Å². The van der Waals surface area contributed by atoms with Gasteiger partial charge in [0.15, 0.2) is 6.10 Å². The molecular weight excluding hydrogens is 236 g/mol. The van der Waals surface area contributed by atoms with Crippen LogP contribution in [0.3, 0.4) is 0 Å². The van der Waals surface area contributed by atoms with Crippen LogP contribution < -0.4 is 0 Å². The van der Waals surface area contributed by atoms with E-state index in [1.807, 2.05) is 0 Å². The molecule has 1 atom stereocenters. The summed E-state index contributed by atoms with van der Waals surface area (Å²) in [5.74, 6) is -0.982. The summed E-state index contributed by atoms with van der Waals surface area (Å²) in [5.41, 5.74) is 0.637. The number of carboxylic acids is 1. The molecule has 1 aromatic rings. The Balaban J connectivity index is 2.92. The first-order valence-corrected chi connectivity index (χ1v) is 4.45. The zero-order valence-corrected chi connectivity index (χ0v) is 8.61. The molecule has 4 heteroatoms. The molecule has 0 spiro atoms. The SMILES string of the molecule is CO[C@H](C(=O)O)c1ccc(Br)cc1. The van der Waals surface area contributed by atoms with Crippen molar-refractivity contribution in [3.63, 3.8) is 0 Å². The minimum atomic E-state index is -0.982. The lowest BCUT2D eigenvalue weighted by Gasteiger charge is -2.09. The van der Waals surface area contributed by atoms with E-state index in [9.17, 15) is 4.79 Å². The van der Waals surface area contributed by atoms with Crippen LogP contribution >= 0.6 is 15.9 Å². The molecular formula is C9H9BrO3. The summed E-state index contributed by atoms with van der Waals surface area (Å²) < 4.78 is 5.74. The summed E-state index contributed by atoms with van der Waals surface area (Å²) in [6.07, 6.45) is -0.881. The van der Waals surface area contributed by atoms with Gasteiger partial charge in [0.25, 0.3) is 0 Å². The minimum Gasteiger partial charge on any atom is -0.479 e. The van der Waals surface area contributed by atoms with Crippen molar-refractivity contribution >= 4 is 21.9 Å². The molecule has 0 aliphatic heterocycles. The fraction of sp³-hybridized carbons (Fsp3) is 0.222. The molecule has 13 heavy (non-hydrogen) atoms. The summed E-state index contributed by atoms with van der Waals surface area (Å²) in [5, 5.41) is 8.76. The van der Waals surface area contributed by atoms with Crippen LogP contribution in [0.2, 0.25) is 0 Å². The van der Waals surface area contributed by atoms with Gasteiger partial charge in [0.2, 0.25) is 0 Å². The van der Waals surface area contributed by atoms with E-state index < -0.39 is 12.1 Å². The number of ether oxygens (including phenoxy) is 1. The molecule has 70 valence electrons. The third kappa shape index (κ3) is 2.54. The van der Waals surface area contributed by atoms with E-state index in [1.165, 1.54) is 7.11 Å². The number of carbonyl (C=O) groups is 1. The molecule has 1 aromatic carbocycles. The standard InChI is InChI=1S/C9H9BrO3/c1-13-8(9(11)12)6-2-4-7(10)5-3-6/h2-5,8H,1H3,(H,11,12)/t8-/m0/s1. The quantitative estimate of drug-likeness (QED) is 0.888. The number of aliphatic carboxylic acids is 1. The van der Waals surface area contributed by atoms with Gasteiger partial charge < -0.3 is 9.84 Å². The van der Waals surface area contributed by atoms with Gasteiger partial charge in [0, 0.05) is 11.6 Å². The lowest BCUT2D eigenvalue weighted by atomic mass is 10.1. The second-order valence-corrected chi connectivity index (χ2v) is 3.42. The fourth-order valence-electron chi connectivity index (χ4n) is 1.02. The second kappa shape index (κ2) is 4.39.